The number of hydrogen-bond donors (Lipinski definition) is 4. The third-order valence-electron chi connectivity index (χ3n) is 11.1. The van der Waals surface area contributed by atoms with Gasteiger partial charge in [-0.3, -0.25) is 14.4 Å². The van der Waals surface area contributed by atoms with Gasteiger partial charge in [0.05, 0.1) is 5.71 Å². The van der Waals surface area contributed by atoms with Gasteiger partial charge in [-0.25, -0.2) is 4.79 Å². The number of allylic oxidation sites excluding steroid dienone is 2. The number of hydrogen-bond acceptors (Lipinski definition) is 7. The van der Waals surface area contributed by atoms with Crippen molar-refractivity contribution in [3.05, 3.63) is 11.6 Å². The van der Waals surface area contributed by atoms with Gasteiger partial charge in [-0.2, -0.15) is 0 Å². The molecule has 0 aromatic carbocycles. The third-order valence-corrected chi connectivity index (χ3v) is 11.1. The Kier molecular flexibility index (Phi) is 9.02. The lowest BCUT2D eigenvalue weighted by molar-refractivity contribution is -0.159. The molecule has 8 atom stereocenters. The zero-order valence-electron chi connectivity index (χ0n) is 25.1. The lowest BCUT2D eigenvalue weighted by atomic mass is 9.46. The Labute approximate surface area is 242 Å². The highest BCUT2D eigenvalue weighted by atomic mass is 16.6. The molecule has 0 radical (unpaired) electrons. The fourth-order valence-electron chi connectivity index (χ4n) is 8.60. The minimum Gasteiger partial charge on any atom is -0.480 e. The van der Waals surface area contributed by atoms with Gasteiger partial charge in [-0.1, -0.05) is 37.9 Å². The van der Waals surface area contributed by atoms with Crippen LogP contribution in [0.3, 0.4) is 0 Å². The van der Waals surface area contributed by atoms with Crippen molar-refractivity contribution >= 4 is 29.3 Å². The molecule has 228 valence electrons. The number of nitrogens with zero attached hydrogens (tertiary/aromatic N) is 1. The molecule has 41 heavy (non-hydrogen) atoms. The van der Waals surface area contributed by atoms with Crippen LogP contribution in [0, 0.1) is 28.6 Å². The van der Waals surface area contributed by atoms with Crippen molar-refractivity contribution in [2.75, 3.05) is 6.61 Å². The predicted octanol–water partition coefficient (Wildman–Crippen LogP) is 3.52. The normalized spacial score (nSPS) is 36.6. The van der Waals surface area contributed by atoms with Crippen LogP contribution in [-0.2, 0) is 24.0 Å². The minimum absolute atomic E-state index is 0.0476. The zero-order chi connectivity index (χ0) is 30.2. The lowest BCUT2D eigenvalue weighted by Crippen LogP contribution is -2.57. The number of carbonyl (C=O) groups is 4. The largest absolute Gasteiger partial charge is 0.480 e. The first-order chi connectivity index (χ1) is 19.3. The molecule has 2 amide bonds. The van der Waals surface area contributed by atoms with Crippen LogP contribution in [0.15, 0.2) is 16.8 Å². The second-order valence-corrected chi connectivity index (χ2v) is 13.2. The third kappa shape index (κ3) is 5.68. The van der Waals surface area contributed by atoms with Crippen molar-refractivity contribution in [3.8, 4) is 0 Å². The second-order valence-electron chi connectivity index (χ2n) is 13.2. The van der Waals surface area contributed by atoms with Crippen molar-refractivity contribution in [2.24, 2.45) is 33.7 Å². The smallest absolute Gasteiger partial charge is 0.326 e. The van der Waals surface area contributed by atoms with E-state index in [9.17, 15) is 29.4 Å². The van der Waals surface area contributed by atoms with Crippen molar-refractivity contribution in [3.63, 3.8) is 0 Å². The first-order valence-corrected chi connectivity index (χ1v) is 15.2. The van der Waals surface area contributed by atoms with Crippen LogP contribution in [0.4, 0.5) is 0 Å². The maximum atomic E-state index is 12.5. The number of ketones is 1. The Morgan fingerprint density at radius 1 is 1.07 bits per heavy atom. The van der Waals surface area contributed by atoms with E-state index in [-0.39, 0.29) is 23.2 Å². The Bertz CT molecular complexity index is 1130. The first-order valence-electron chi connectivity index (χ1n) is 15.2. The quantitative estimate of drug-likeness (QED) is 0.292. The Morgan fingerprint density at radius 2 is 1.78 bits per heavy atom. The number of aliphatic carboxylic acids is 1. The number of aliphatic hydroxyl groups is 1. The average Bonchev–Trinajstić information content (AvgIpc) is 3.20. The van der Waals surface area contributed by atoms with Crippen molar-refractivity contribution in [1.82, 2.24) is 10.6 Å². The Morgan fingerprint density at radius 3 is 2.44 bits per heavy atom. The first kappa shape index (κ1) is 31.2. The number of oxime groups is 1. The van der Waals surface area contributed by atoms with Crippen LogP contribution in [0.25, 0.3) is 0 Å². The molecule has 0 aromatic heterocycles. The molecule has 0 unspecified atom stereocenters. The highest BCUT2D eigenvalue weighted by molar-refractivity contribution is 5.96. The molecule has 0 heterocycles. The number of rotatable bonds is 10. The van der Waals surface area contributed by atoms with Crippen molar-refractivity contribution < 1.29 is 34.2 Å². The molecule has 4 N–H and O–H groups in total. The predicted molar refractivity (Wildman–Crippen MR) is 153 cm³/mol. The number of fused-ring (bicyclic) bond motifs is 5. The van der Waals surface area contributed by atoms with E-state index in [1.165, 1.54) is 12.5 Å². The van der Waals surface area contributed by atoms with E-state index in [1.807, 2.05) is 6.92 Å². The summed E-state index contributed by atoms with van der Waals surface area (Å²) in [6, 6.07) is -1.90. The molecular formula is C31H47N3O7. The molecule has 0 aliphatic heterocycles. The summed E-state index contributed by atoms with van der Waals surface area (Å²) >= 11 is 0. The van der Waals surface area contributed by atoms with Crippen LogP contribution in [0.5, 0.6) is 0 Å². The van der Waals surface area contributed by atoms with Crippen LogP contribution in [-0.4, -0.2) is 63.8 Å². The number of amides is 2. The van der Waals surface area contributed by atoms with Gasteiger partial charge >= 0.3 is 5.97 Å². The number of carbonyl (C=O) groups excluding carboxylic acids is 3. The van der Waals surface area contributed by atoms with Crippen molar-refractivity contribution in [1.29, 1.82) is 0 Å². The van der Waals surface area contributed by atoms with Gasteiger partial charge in [0.15, 0.2) is 12.4 Å². The Hall–Kier alpha value is -2.75. The van der Waals surface area contributed by atoms with E-state index in [2.05, 4.69) is 35.7 Å². The van der Waals surface area contributed by atoms with E-state index in [0.29, 0.717) is 37.0 Å². The van der Waals surface area contributed by atoms with E-state index >= 15 is 0 Å². The summed E-state index contributed by atoms with van der Waals surface area (Å²) in [4.78, 5) is 53.7. The van der Waals surface area contributed by atoms with E-state index < -0.39 is 35.5 Å². The lowest BCUT2D eigenvalue weighted by Gasteiger charge is -2.59. The van der Waals surface area contributed by atoms with Gasteiger partial charge in [0.2, 0.25) is 5.91 Å². The zero-order valence-corrected chi connectivity index (χ0v) is 25.1. The number of nitrogens with one attached hydrogen (secondary N) is 2. The highest BCUT2D eigenvalue weighted by Gasteiger charge is 2.65. The summed E-state index contributed by atoms with van der Waals surface area (Å²) < 4.78 is 0. The summed E-state index contributed by atoms with van der Waals surface area (Å²) in [5.74, 6) is -0.915. The fourth-order valence-corrected chi connectivity index (χ4v) is 8.60. The van der Waals surface area contributed by atoms with Crippen LogP contribution >= 0.6 is 0 Å². The SMILES string of the molecule is CCC[C@@H](NC(=O)[C@@H](C)NC(=O)CO/N=C1/C=C2CC[C@@H]3[C@H](CC[C@@]4(C)[C@H]3CC[C@]4(O)C(C)=O)[C@@]2(C)CC1)C(=O)O. The minimum atomic E-state index is -1.20. The van der Waals surface area contributed by atoms with Crippen molar-refractivity contribution in [2.45, 2.75) is 117 Å². The van der Waals surface area contributed by atoms with Crippen LogP contribution in [0.2, 0.25) is 0 Å². The topological polar surface area (TPSA) is 154 Å². The average molecular weight is 574 g/mol. The van der Waals surface area contributed by atoms with E-state index in [0.717, 1.165) is 50.7 Å². The molecule has 4 rings (SSSR count). The molecule has 4 aliphatic carbocycles. The highest BCUT2D eigenvalue weighted by Crippen LogP contribution is 2.67. The molecule has 0 saturated heterocycles. The summed E-state index contributed by atoms with van der Waals surface area (Å²) in [6.45, 7) is 9.02. The molecule has 3 fully saturated rings. The van der Waals surface area contributed by atoms with E-state index in [4.69, 9.17) is 4.84 Å². The molecule has 0 aromatic rings. The summed E-state index contributed by atoms with van der Waals surface area (Å²) in [7, 11) is 0. The molecule has 4 aliphatic rings. The van der Waals surface area contributed by atoms with Crippen LogP contribution in [0.1, 0.15) is 98.8 Å². The van der Waals surface area contributed by atoms with Gasteiger partial charge in [0.25, 0.3) is 5.91 Å². The molecule has 3 saturated carbocycles. The fraction of sp³-hybridized carbons (Fsp3) is 0.774. The summed E-state index contributed by atoms with van der Waals surface area (Å²) in [6.07, 6.45) is 10.0. The number of carboxylic acids is 1. The molecule has 0 bridgehead atoms. The molecule has 10 nitrogen and oxygen atoms in total. The van der Waals surface area contributed by atoms with Gasteiger partial charge in [0, 0.05) is 5.41 Å². The number of Topliss-reactive ketones (excluding diaryl/α,β-unsaturated/α-hetero) is 1. The number of carboxylic acid groups (broad SMARTS) is 1. The van der Waals surface area contributed by atoms with E-state index in [1.54, 1.807) is 6.92 Å². The standard InChI is InChI=1S/C31H47N3O7/c1-6-7-25(28(38)39)33-27(37)18(2)32-26(36)17-41-34-21-10-13-29(4)20(16-21)8-9-22-23(29)11-14-30(5)24(22)12-15-31(30,40)19(3)35/h16,18,22-25,40H,6-15,17H2,1-5H3,(H,32,36)(H,33,37)(H,38,39)/b34-21+/t18-,22-,23+,24+,25-,29+,30+,31+/m1/s1. The summed E-state index contributed by atoms with van der Waals surface area (Å²) in [5, 5.41) is 29.8. The maximum Gasteiger partial charge on any atom is 0.326 e. The maximum absolute atomic E-state index is 12.5. The van der Waals surface area contributed by atoms with Crippen LogP contribution < -0.4 is 10.6 Å². The molecule has 10 heteroatoms. The second kappa shape index (κ2) is 11.9. The molecule has 0 spiro atoms. The van der Waals surface area contributed by atoms with Gasteiger partial charge < -0.3 is 25.7 Å². The Balaban J connectivity index is 1.33. The monoisotopic (exact) mass is 573 g/mol. The van der Waals surface area contributed by atoms with Gasteiger partial charge in [-0.15, -0.1) is 0 Å². The molecular weight excluding hydrogens is 526 g/mol. The van der Waals surface area contributed by atoms with Gasteiger partial charge in [-0.05, 0) is 101 Å². The summed E-state index contributed by atoms with van der Waals surface area (Å²) in [5.41, 5.74) is 0.661. The van der Waals surface area contributed by atoms with Gasteiger partial charge in [0.1, 0.15) is 17.7 Å².